The number of hydrogen-bond acceptors (Lipinski definition) is 2. The first-order chi connectivity index (χ1) is 4.93. The molecule has 2 N–H and O–H groups in total. The minimum absolute atomic E-state index is 0.644. The Kier molecular flexibility index (Phi) is 3.19. The van der Waals surface area contributed by atoms with E-state index in [0.717, 1.165) is 6.42 Å². The summed E-state index contributed by atoms with van der Waals surface area (Å²) in [6.45, 7) is 0.644. The number of nitrogens with two attached hydrogens (primary N) is 1. The Morgan fingerprint density at radius 2 is 2.40 bits per heavy atom. The predicted molar refractivity (Wildman–Crippen MR) is 46.2 cm³/mol. The average molecular weight is 153 g/mol. The van der Waals surface area contributed by atoms with Crippen LogP contribution in [0.5, 0.6) is 0 Å². The average Bonchev–Trinajstić information content (AvgIpc) is 2.41. The van der Waals surface area contributed by atoms with Crippen LogP contribution >= 0.6 is 11.3 Å². The summed E-state index contributed by atoms with van der Waals surface area (Å²) in [6, 6.07) is 4.20. The molecule has 2 heteroatoms. The Balaban J connectivity index is 2.34. The lowest BCUT2D eigenvalue weighted by Gasteiger charge is -1.85. The van der Waals surface area contributed by atoms with E-state index in [4.69, 9.17) is 5.73 Å². The molecule has 0 aliphatic rings. The van der Waals surface area contributed by atoms with E-state index in [0.29, 0.717) is 6.54 Å². The fraction of sp³-hybridized carbons (Fsp3) is 0.250. The van der Waals surface area contributed by atoms with Crippen molar-refractivity contribution in [3.63, 3.8) is 0 Å². The van der Waals surface area contributed by atoms with Crippen LogP contribution in [0.3, 0.4) is 0 Å². The third-order valence-electron chi connectivity index (χ3n) is 1.20. The molecule has 0 unspecified atom stereocenters. The van der Waals surface area contributed by atoms with Crippen molar-refractivity contribution in [2.45, 2.75) is 6.42 Å². The van der Waals surface area contributed by atoms with Crippen LogP contribution in [0.2, 0.25) is 0 Å². The van der Waals surface area contributed by atoms with Crippen molar-refractivity contribution in [2.75, 3.05) is 6.54 Å². The van der Waals surface area contributed by atoms with Crippen molar-refractivity contribution in [1.29, 1.82) is 0 Å². The van der Waals surface area contributed by atoms with Crippen LogP contribution in [0.1, 0.15) is 4.88 Å². The SMILES string of the molecule is NCC=CCc1cccs1. The summed E-state index contributed by atoms with van der Waals surface area (Å²) in [5.74, 6) is 0. The normalized spacial score (nSPS) is 10.9. The highest BCUT2D eigenvalue weighted by Gasteiger charge is 1.86. The molecule has 0 radical (unpaired) electrons. The van der Waals surface area contributed by atoms with Crippen LogP contribution in [0.25, 0.3) is 0 Å². The molecule has 1 aromatic heterocycles. The van der Waals surface area contributed by atoms with Crippen molar-refractivity contribution in [2.24, 2.45) is 5.73 Å². The number of allylic oxidation sites excluding steroid dienone is 1. The highest BCUT2D eigenvalue weighted by Crippen LogP contribution is 2.08. The third-order valence-corrected chi connectivity index (χ3v) is 2.10. The Hall–Kier alpha value is -0.600. The zero-order valence-corrected chi connectivity index (χ0v) is 6.60. The largest absolute Gasteiger partial charge is 0.327 e. The van der Waals surface area contributed by atoms with Gasteiger partial charge in [-0.3, -0.25) is 0 Å². The Morgan fingerprint density at radius 1 is 1.50 bits per heavy atom. The van der Waals surface area contributed by atoms with Crippen LogP contribution in [0.15, 0.2) is 29.7 Å². The molecule has 10 heavy (non-hydrogen) atoms. The highest BCUT2D eigenvalue weighted by atomic mass is 32.1. The Morgan fingerprint density at radius 3 is 3.00 bits per heavy atom. The van der Waals surface area contributed by atoms with E-state index in [1.807, 2.05) is 6.08 Å². The number of thiophene rings is 1. The second-order valence-corrected chi connectivity index (χ2v) is 3.02. The van der Waals surface area contributed by atoms with E-state index in [2.05, 4.69) is 23.6 Å². The summed E-state index contributed by atoms with van der Waals surface area (Å²) in [5.41, 5.74) is 5.28. The lowest BCUT2D eigenvalue weighted by molar-refractivity contribution is 1.22. The Labute approximate surface area is 65.2 Å². The van der Waals surface area contributed by atoms with Gasteiger partial charge in [0.25, 0.3) is 0 Å². The minimum atomic E-state index is 0.644. The molecule has 0 aliphatic carbocycles. The van der Waals surface area contributed by atoms with Gasteiger partial charge in [0, 0.05) is 11.4 Å². The molecule has 1 nitrogen and oxygen atoms in total. The molecule has 0 saturated carbocycles. The zero-order chi connectivity index (χ0) is 7.23. The predicted octanol–water partition coefficient (Wildman–Crippen LogP) is 1.81. The van der Waals surface area contributed by atoms with Gasteiger partial charge in [-0.25, -0.2) is 0 Å². The van der Waals surface area contributed by atoms with Crippen LogP contribution in [-0.2, 0) is 6.42 Å². The second-order valence-electron chi connectivity index (χ2n) is 1.99. The van der Waals surface area contributed by atoms with E-state index in [9.17, 15) is 0 Å². The van der Waals surface area contributed by atoms with Gasteiger partial charge in [-0.2, -0.15) is 0 Å². The summed E-state index contributed by atoms with van der Waals surface area (Å²) in [7, 11) is 0. The van der Waals surface area contributed by atoms with Gasteiger partial charge in [-0.1, -0.05) is 18.2 Å². The maximum atomic E-state index is 5.28. The second kappa shape index (κ2) is 4.25. The van der Waals surface area contributed by atoms with Crippen molar-refractivity contribution in [1.82, 2.24) is 0 Å². The molecule has 1 heterocycles. The highest BCUT2D eigenvalue weighted by molar-refractivity contribution is 7.09. The lowest BCUT2D eigenvalue weighted by Crippen LogP contribution is -1.92. The van der Waals surface area contributed by atoms with Crippen molar-refractivity contribution in [3.05, 3.63) is 34.5 Å². The maximum Gasteiger partial charge on any atom is 0.0106 e. The summed E-state index contributed by atoms with van der Waals surface area (Å²) >= 11 is 1.78. The van der Waals surface area contributed by atoms with Gasteiger partial charge < -0.3 is 5.73 Å². The van der Waals surface area contributed by atoms with Crippen LogP contribution in [0, 0.1) is 0 Å². The van der Waals surface area contributed by atoms with E-state index in [1.54, 1.807) is 11.3 Å². The maximum absolute atomic E-state index is 5.28. The van der Waals surface area contributed by atoms with E-state index >= 15 is 0 Å². The molecule has 0 amide bonds. The summed E-state index contributed by atoms with van der Waals surface area (Å²) in [6.07, 6.45) is 5.11. The van der Waals surface area contributed by atoms with Gasteiger partial charge >= 0.3 is 0 Å². The Bertz CT molecular complexity index is 189. The van der Waals surface area contributed by atoms with Crippen molar-refractivity contribution >= 4 is 11.3 Å². The lowest BCUT2D eigenvalue weighted by atomic mass is 10.3. The molecular weight excluding hydrogens is 142 g/mol. The molecule has 0 bridgehead atoms. The quantitative estimate of drug-likeness (QED) is 0.658. The standard InChI is InChI=1S/C8H11NS/c9-6-2-1-4-8-5-3-7-10-8/h1-3,5,7H,4,6,9H2. The number of hydrogen-bond donors (Lipinski definition) is 1. The first-order valence-electron chi connectivity index (χ1n) is 3.31. The van der Waals surface area contributed by atoms with Crippen LogP contribution < -0.4 is 5.73 Å². The number of rotatable bonds is 3. The third kappa shape index (κ3) is 2.33. The fourth-order valence-electron chi connectivity index (χ4n) is 0.724. The topological polar surface area (TPSA) is 26.0 Å². The van der Waals surface area contributed by atoms with Gasteiger partial charge in [0.2, 0.25) is 0 Å². The fourth-order valence-corrected chi connectivity index (χ4v) is 1.41. The van der Waals surface area contributed by atoms with Gasteiger partial charge in [0.1, 0.15) is 0 Å². The summed E-state index contributed by atoms with van der Waals surface area (Å²) in [5, 5.41) is 2.09. The van der Waals surface area contributed by atoms with E-state index in [1.165, 1.54) is 4.88 Å². The monoisotopic (exact) mass is 153 g/mol. The first-order valence-corrected chi connectivity index (χ1v) is 4.19. The molecule has 0 aromatic carbocycles. The summed E-state index contributed by atoms with van der Waals surface area (Å²) < 4.78 is 0. The molecular formula is C8H11NS. The first kappa shape index (κ1) is 7.51. The molecule has 0 spiro atoms. The van der Waals surface area contributed by atoms with Crippen molar-refractivity contribution in [3.8, 4) is 0 Å². The molecule has 54 valence electrons. The molecule has 0 aliphatic heterocycles. The minimum Gasteiger partial charge on any atom is -0.327 e. The van der Waals surface area contributed by atoms with E-state index in [-0.39, 0.29) is 0 Å². The molecule has 0 saturated heterocycles. The van der Waals surface area contributed by atoms with Crippen LogP contribution in [0.4, 0.5) is 0 Å². The van der Waals surface area contributed by atoms with Crippen LogP contribution in [-0.4, -0.2) is 6.54 Å². The van der Waals surface area contributed by atoms with Crippen molar-refractivity contribution < 1.29 is 0 Å². The summed E-state index contributed by atoms with van der Waals surface area (Å²) in [4.78, 5) is 1.39. The molecule has 1 rings (SSSR count). The van der Waals surface area contributed by atoms with Gasteiger partial charge in [-0.05, 0) is 17.9 Å². The van der Waals surface area contributed by atoms with Gasteiger partial charge in [0.15, 0.2) is 0 Å². The van der Waals surface area contributed by atoms with Gasteiger partial charge in [0.05, 0.1) is 0 Å². The van der Waals surface area contributed by atoms with Gasteiger partial charge in [-0.15, -0.1) is 11.3 Å². The molecule has 1 aromatic rings. The molecule has 0 fully saturated rings. The molecule has 0 atom stereocenters. The smallest absolute Gasteiger partial charge is 0.0106 e. The van der Waals surface area contributed by atoms with E-state index < -0.39 is 0 Å². The zero-order valence-electron chi connectivity index (χ0n) is 5.79.